The maximum absolute atomic E-state index is 12.6. The predicted octanol–water partition coefficient (Wildman–Crippen LogP) is 4.56. The standard InChI is InChI=1S/C6H3ClFIO.C6H5ClFNO/c2*7-3-1-4(8)5(9)2-6(3)10/h1-2,10H;1-2,10H,9H2. The van der Waals surface area contributed by atoms with E-state index in [0.29, 0.717) is 3.57 Å². The molecule has 0 radical (unpaired) electrons. The summed E-state index contributed by atoms with van der Waals surface area (Å²) in [4.78, 5) is 0. The summed E-state index contributed by atoms with van der Waals surface area (Å²) < 4.78 is 25.4. The third-order valence-corrected chi connectivity index (χ3v) is 3.49. The number of hydrogen-bond acceptors (Lipinski definition) is 3. The molecule has 0 heterocycles. The van der Waals surface area contributed by atoms with Gasteiger partial charge in [0.05, 0.1) is 19.3 Å². The Morgan fingerprint density at radius 1 is 0.900 bits per heavy atom. The lowest BCUT2D eigenvalue weighted by Crippen LogP contribution is -1.89. The van der Waals surface area contributed by atoms with Crippen LogP contribution < -0.4 is 5.73 Å². The highest BCUT2D eigenvalue weighted by Gasteiger charge is 2.04. The zero-order valence-corrected chi connectivity index (χ0v) is 13.3. The van der Waals surface area contributed by atoms with Crippen LogP contribution in [0.25, 0.3) is 0 Å². The van der Waals surface area contributed by atoms with Gasteiger partial charge in [-0.25, -0.2) is 8.78 Å². The lowest BCUT2D eigenvalue weighted by Gasteiger charge is -1.98. The first kappa shape index (κ1) is 17.1. The van der Waals surface area contributed by atoms with Gasteiger partial charge in [-0.1, -0.05) is 23.2 Å². The third-order valence-electron chi connectivity index (χ3n) is 2.06. The molecule has 0 bridgehead atoms. The van der Waals surface area contributed by atoms with E-state index in [2.05, 4.69) is 0 Å². The number of hydrogen-bond donors (Lipinski definition) is 3. The number of phenolic OH excluding ortho intramolecular Hbond substituents is 2. The topological polar surface area (TPSA) is 66.5 Å². The molecule has 2 aromatic rings. The van der Waals surface area contributed by atoms with Crippen molar-refractivity contribution in [2.24, 2.45) is 0 Å². The largest absolute Gasteiger partial charge is 0.506 e. The lowest BCUT2D eigenvalue weighted by atomic mass is 10.3. The molecule has 0 aromatic heterocycles. The number of halogens is 5. The van der Waals surface area contributed by atoms with Crippen molar-refractivity contribution in [1.82, 2.24) is 0 Å². The molecule has 2 rings (SSSR count). The molecule has 0 amide bonds. The quantitative estimate of drug-likeness (QED) is 0.324. The van der Waals surface area contributed by atoms with Gasteiger partial charge in [0, 0.05) is 6.07 Å². The van der Waals surface area contributed by atoms with E-state index in [4.69, 9.17) is 39.1 Å². The van der Waals surface area contributed by atoms with Gasteiger partial charge < -0.3 is 15.9 Å². The Labute approximate surface area is 137 Å². The summed E-state index contributed by atoms with van der Waals surface area (Å²) in [5, 5.41) is 17.8. The van der Waals surface area contributed by atoms with Crippen molar-refractivity contribution in [1.29, 1.82) is 0 Å². The summed E-state index contributed by atoms with van der Waals surface area (Å²) >= 11 is 12.5. The molecule has 0 fully saturated rings. The summed E-state index contributed by atoms with van der Waals surface area (Å²) in [5.74, 6) is -1.33. The van der Waals surface area contributed by atoms with Crippen LogP contribution in [0.3, 0.4) is 0 Å². The second kappa shape index (κ2) is 7.14. The highest BCUT2D eigenvalue weighted by molar-refractivity contribution is 14.1. The fourth-order valence-electron chi connectivity index (χ4n) is 1.07. The zero-order chi connectivity index (χ0) is 15.4. The van der Waals surface area contributed by atoms with Crippen LogP contribution in [0, 0.1) is 15.2 Å². The van der Waals surface area contributed by atoms with Gasteiger partial charge in [0.15, 0.2) is 0 Å². The molecule has 0 aliphatic heterocycles. The minimum absolute atomic E-state index is 0.0355. The SMILES string of the molecule is Nc1cc(O)c(Cl)cc1F.Oc1cc(I)c(F)cc1Cl. The molecule has 0 saturated carbocycles. The highest BCUT2D eigenvalue weighted by atomic mass is 127. The van der Waals surface area contributed by atoms with E-state index in [0.717, 1.165) is 18.2 Å². The average Bonchev–Trinajstić information content (AvgIpc) is 2.35. The van der Waals surface area contributed by atoms with E-state index < -0.39 is 11.6 Å². The van der Waals surface area contributed by atoms with Crippen LogP contribution in [-0.4, -0.2) is 10.2 Å². The second-order valence-corrected chi connectivity index (χ2v) is 5.52. The van der Waals surface area contributed by atoms with Crippen molar-refractivity contribution in [3.8, 4) is 11.5 Å². The second-order valence-electron chi connectivity index (χ2n) is 3.54. The molecule has 2 aromatic carbocycles. The minimum atomic E-state index is -0.622. The first-order valence-corrected chi connectivity index (χ1v) is 6.82. The summed E-state index contributed by atoms with van der Waals surface area (Å²) in [7, 11) is 0. The molecule has 20 heavy (non-hydrogen) atoms. The first-order chi connectivity index (χ1) is 9.22. The predicted molar refractivity (Wildman–Crippen MR) is 83.3 cm³/mol. The molecule has 0 atom stereocenters. The summed E-state index contributed by atoms with van der Waals surface area (Å²) in [6.07, 6.45) is 0. The van der Waals surface area contributed by atoms with Gasteiger partial charge in [0.25, 0.3) is 0 Å². The number of benzene rings is 2. The van der Waals surface area contributed by atoms with E-state index in [-0.39, 0.29) is 27.2 Å². The van der Waals surface area contributed by atoms with Gasteiger partial charge in [-0.05, 0) is 40.8 Å². The van der Waals surface area contributed by atoms with Crippen molar-refractivity contribution in [3.05, 3.63) is 49.5 Å². The van der Waals surface area contributed by atoms with Crippen LogP contribution in [0.15, 0.2) is 24.3 Å². The van der Waals surface area contributed by atoms with E-state index in [1.165, 1.54) is 6.07 Å². The van der Waals surface area contributed by atoms with E-state index in [1.807, 2.05) is 0 Å². The molecule has 0 aliphatic carbocycles. The Hall–Kier alpha value is -0.990. The number of aromatic hydroxyl groups is 2. The van der Waals surface area contributed by atoms with Crippen molar-refractivity contribution in [2.45, 2.75) is 0 Å². The van der Waals surface area contributed by atoms with E-state index in [1.54, 1.807) is 22.6 Å². The molecule has 0 aliphatic rings. The maximum atomic E-state index is 12.6. The van der Waals surface area contributed by atoms with Gasteiger partial charge in [0.1, 0.15) is 23.1 Å². The number of nitrogen functional groups attached to an aromatic ring is 1. The van der Waals surface area contributed by atoms with E-state index in [9.17, 15) is 8.78 Å². The Morgan fingerprint density at radius 3 is 1.80 bits per heavy atom. The summed E-state index contributed by atoms with van der Waals surface area (Å²) in [6, 6.07) is 4.39. The average molecular weight is 434 g/mol. The third kappa shape index (κ3) is 4.53. The van der Waals surface area contributed by atoms with Crippen LogP contribution in [0.5, 0.6) is 11.5 Å². The van der Waals surface area contributed by atoms with Crippen LogP contribution >= 0.6 is 45.8 Å². The van der Waals surface area contributed by atoms with Crippen LogP contribution in [0.2, 0.25) is 10.0 Å². The molecule has 108 valence electrons. The molecule has 0 spiro atoms. The molecule has 0 unspecified atom stereocenters. The highest BCUT2D eigenvalue weighted by Crippen LogP contribution is 2.27. The molecular weight excluding hydrogens is 426 g/mol. The fourth-order valence-corrected chi connectivity index (χ4v) is 1.82. The van der Waals surface area contributed by atoms with Crippen LogP contribution in [0.4, 0.5) is 14.5 Å². The number of rotatable bonds is 0. The number of nitrogens with two attached hydrogens (primary N) is 1. The summed E-state index contributed by atoms with van der Waals surface area (Å²) in [5.41, 5.74) is 4.99. The molecule has 0 saturated heterocycles. The van der Waals surface area contributed by atoms with E-state index >= 15 is 0 Å². The zero-order valence-electron chi connectivity index (χ0n) is 9.67. The van der Waals surface area contributed by atoms with Crippen molar-refractivity contribution in [3.63, 3.8) is 0 Å². The smallest absolute Gasteiger partial charge is 0.147 e. The molecular formula is C12H8Cl2F2INO2. The van der Waals surface area contributed by atoms with Gasteiger partial charge in [-0.3, -0.25) is 0 Å². The minimum Gasteiger partial charge on any atom is -0.506 e. The summed E-state index contributed by atoms with van der Waals surface area (Å²) in [6.45, 7) is 0. The van der Waals surface area contributed by atoms with Crippen molar-refractivity contribution >= 4 is 51.5 Å². The molecule has 3 nitrogen and oxygen atoms in total. The number of phenols is 2. The van der Waals surface area contributed by atoms with Gasteiger partial charge in [0.2, 0.25) is 0 Å². The number of anilines is 1. The normalized spacial score (nSPS) is 9.85. The monoisotopic (exact) mass is 433 g/mol. The maximum Gasteiger partial charge on any atom is 0.147 e. The lowest BCUT2D eigenvalue weighted by molar-refractivity contribution is 0.472. The Bertz CT molecular complexity index is 485. The molecule has 8 heteroatoms. The van der Waals surface area contributed by atoms with Gasteiger partial charge in [-0.15, -0.1) is 0 Å². The fraction of sp³-hybridized carbons (Fsp3) is 0. The van der Waals surface area contributed by atoms with Crippen molar-refractivity contribution < 1.29 is 19.0 Å². The first-order valence-electron chi connectivity index (χ1n) is 4.99. The Balaban J connectivity index is 0.000000200. The van der Waals surface area contributed by atoms with Gasteiger partial charge in [-0.2, -0.15) is 0 Å². The molecule has 4 N–H and O–H groups in total. The van der Waals surface area contributed by atoms with Crippen LogP contribution in [-0.2, 0) is 0 Å². The van der Waals surface area contributed by atoms with Gasteiger partial charge >= 0.3 is 0 Å². The Morgan fingerprint density at radius 2 is 1.35 bits per heavy atom. The van der Waals surface area contributed by atoms with Crippen LogP contribution in [0.1, 0.15) is 0 Å². The Kier molecular flexibility index (Phi) is 6.09. The van der Waals surface area contributed by atoms with Crippen molar-refractivity contribution in [2.75, 3.05) is 5.73 Å².